The minimum absolute atomic E-state index is 0.0658. The lowest BCUT2D eigenvalue weighted by Crippen LogP contribution is -2.13. The molecule has 0 radical (unpaired) electrons. The van der Waals surface area contributed by atoms with E-state index in [1.807, 2.05) is 0 Å². The van der Waals surface area contributed by atoms with Crippen molar-refractivity contribution in [2.45, 2.75) is 197 Å². The van der Waals surface area contributed by atoms with Crippen molar-refractivity contribution in [1.29, 1.82) is 0 Å². The highest BCUT2D eigenvalue weighted by Gasteiger charge is 2.28. The van der Waals surface area contributed by atoms with E-state index in [0.29, 0.717) is 47.3 Å². The molecule has 0 saturated heterocycles. The fourth-order valence-corrected chi connectivity index (χ4v) is 11.7. The highest BCUT2D eigenvalue weighted by Crippen LogP contribution is 2.48. The molecule has 0 heteroatoms. The van der Waals surface area contributed by atoms with Crippen molar-refractivity contribution >= 4 is 0 Å². The van der Waals surface area contributed by atoms with E-state index >= 15 is 0 Å². The van der Waals surface area contributed by atoms with Crippen molar-refractivity contribution in [3.8, 4) is 44.5 Å². The first-order chi connectivity index (χ1) is 34.0. The molecule has 7 rings (SSSR count). The molecule has 72 heavy (non-hydrogen) atoms. The van der Waals surface area contributed by atoms with Gasteiger partial charge in [-0.05, 0) is 182 Å². The summed E-state index contributed by atoms with van der Waals surface area (Å²) in [6, 6.07) is 50.5. The Bertz CT molecular complexity index is 2540. The standard InChI is InChI=1S/C72H90/c1-43(2)54-26-20-27-55(44(3)4)68(54)62-34-24-35-63(69-56(45(5)6)28-21-29-57(69)46(7)8)66(62)41-51-38-52(40-53(39-51)72(17,18)19)42-67-64(70-58(47(9)10)30-22-31-59(70)48(11)12)36-25-37-65(67)71-60(49(13)14)32-23-33-61(71)50(15)16/h20-40,43-50H,41-42H2,1-19H3. The van der Waals surface area contributed by atoms with Crippen LogP contribution in [0.25, 0.3) is 44.5 Å². The normalized spacial score (nSPS) is 12.4. The first kappa shape index (κ1) is 54.3. The lowest BCUT2D eigenvalue weighted by molar-refractivity contribution is 0.588. The Morgan fingerprint density at radius 3 is 0.653 bits per heavy atom. The SMILES string of the molecule is CC(C)c1cccc(C(C)C)c1-c1cccc(-c2c(C(C)C)cccc2C(C)C)c1Cc1cc(Cc2c(-c3c(C(C)C)cccc3C(C)C)cccc2-c2c(C(C)C)cccc2C(C)C)cc(C(C)(C)C)c1. The highest BCUT2D eigenvalue weighted by atomic mass is 14.3. The first-order valence-electron chi connectivity index (χ1n) is 27.9. The van der Waals surface area contributed by atoms with Gasteiger partial charge in [0, 0.05) is 0 Å². The summed E-state index contributed by atoms with van der Waals surface area (Å²) in [5, 5.41) is 0. The van der Waals surface area contributed by atoms with Crippen LogP contribution in [-0.4, -0.2) is 0 Å². The Labute approximate surface area is 439 Å². The van der Waals surface area contributed by atoms with Crippen molar-refractivity contribution in [2.75, 3.05) is 0 Å². The average Bonchev–Trinajstić information content (AvgIpc) is 3.32. The van der Waals surface area contributed by atoms with Crippen LogP contribution < -0.4 is 0 Å². The van der Waals surface area contributed by atoms with Gasteiger partial charge in [-0.15, -0.1) is 0 Å². The van der Waals surface area contributed by atoms with Gasteiger partial charge in [-0.2, -0.15) is 0 Å². The molecule has 378 valence electrons. The molecule has 0 fully saturated rings. The van der Waals surface area contributed by atoms with Crippen LogP contribution in [0.1, 0.15) is 251 Å². The van der Waals surface area contributed by atoms with Gasteiger partial charge >= 0.3 is 0 Å². The molecule has 0 aromatic heterocycles. The average molecular weight is 956 g/mol. The summed E-state index contributed by atoms with van der Waals surface area (Å²) in [5.41, 5.74) is 29.6. The third-order valence-corrected chi connectivity index (χ3v) is 15.6. The molecule has 7 aromatic rings. The molecule has 0 aliphatic rings. The summed E-state index contributed by atoms with van der Waals surface area (Å²) in [7, 11) is 0. The fraction of sp³-hybridized carbons (Fsp3) is 0.417. The maximum atomic E-state index is 2.60. The lowest BCUT2D eigenvalue weighted by Gasteiger charge is -2.28. The largest absolute Gasteiger partial charge is 0.0617 e. The third kappa shape index (κ3) is 11.2. The van der Waals surface area contributed by atoms with E-state index in [4.69, 9.17) is 0 Å². The van der Waals surface area contributed by atoms with Gasteiger partial charge in [0.25, 0.3) is 0 Å². The molecular formula is C72H90. The van der Waals surface area contributed by atoms with Crippen LogP contribution in [0.2, 0.25) is 0 Å². The van der Waals surface area contributed by atoms with E-state index in [-0.39, 0.29) is 5.41 Å². The summed E-state index contributed by atoms with van der Waals surface area (Å²) >= 11 is 0. The molecule has 0 aliphatic carbocycles. The van der Waals surface area contributed by atoms with Crippen molar-refractivity contribution < 1.29 is 0 Å². The van der Waals surface area contributed by atoms with E-state index in [9.17, 15) is 0 Å². The van der Waals surface area contributed by atoms with E-state index in [1.165, 1.54) is 117 Å². The monoisotopic (exact) mass is 955 g/mol. The Balaban J connectivity index is 1.59. The molecule has 0 unspecified atom stereocenters. The minimum Gasteiger partial charge on any atom is -0.0617 e. The van der Waals surface area contributed by atoms with Crippen LogP contribution in [0.4, 0.5) is 0 Å². The Morgan fingerprint density at radius 1 is 0.278 bits per heavy atom. The predicted molar refractivity (Wildman–Crippen MR) is 318 cm³/mol. The van der Waals surface area contributed by atoms with Gasteiger partial charge in [-0.1, -0.05) is 259 Å². The Morgan fingerprint density at radius 2 is 0.472 bits per heavy atom. The van der Waals surface area contributed by atoms with Gasteiger partial charge in [0.05, 0.1) is 0 Å². The van der Waals surface area contributed by atoms with Crippen LogP contribution in [0, 0.1) is 0 Å². The summed E-state index contributed by atoms with van der Waals surface area (Å²) < 4.78 is 0. The van der Waals surface area contributed by atoms with Crippen LogP contribution in [0.15, 0.2) is 127 Å². The van der Waals surface area contributed by atoms with E-state index in [0.717, 1.165) is 12.8 Å². The van der Waals surface area contributed by atoms with Gasteiger partial charge in [0.15, 0.2) is 0 Å². The molecule has 7 aromatic carbocycles. The van der Waals surface area contributed by atoms with Crippen LogP contribution in [0.5, 0.6) is 0 Å². The number of hydrogen-bond acceptors (Lipinski definition) is 0. The van der Waals surface area contributed by atoms with E-state index in [2.05, 4.69) is 259 Å². The smallest absolute Gasteiger partial charge is 0.00132 e. The van der Waals surface area contributed by atoms with Crippen molar-refractivity contribution in [2.24, 2.45) is 0 Å². The van der Waals surface area contributed by atoms with Crippen molar-refractivity contribution in [3.05, 3.63) is 200 Å². The zero-order chi connectivity index (χ0) is 52.5. The summed E-state index contributed by atoms with van der Waals surface area (Å²) in [6.07, 6.45) is 1.65. The van der Waals surface area contributed by atoms with Crippen LogP contribution in [0.3, 0.4) is 0 Å². The van der Waals surface area contributed by atoms with Gasteiger partial charge in [-0.25, -0.2) is 0 Å². The molecule has 0 atom stereocenters. The van der Waals surface area contributed by atoms with Crippen LogP contribution >= 0.6 is 0 Å². The number of benzene rings is 7. The summed E-state index contributed by atoms with van der Waals surface area (Å²) in [6.45, 7) is 45.1. The van der Waals surface area contributed by atoms with Crippen molar-refractivity contribution in [3.63, 3.8) is 0 Å². The molecule has 0 bridgehead atoms. The second-order valence-corrected chi connectivity index (χ2v) is 24.8. The van der Waals surface area contributed by atoms with Gasteiger partial charge in [-0.3, -0.25) is 0 Å². The maximum absolute atomic E-state index is 2.60. The van der Waals surface area contributed by atoms with Gasteiger partial charge in [0.2, 0.25) is 0 Å². The van der Waals surface area contributed by atoms with E-state index < -0.39 is 0 Å². The predicted octanol–water partition coefficient (Wildman–Crippen LogP) is 21.8. The lowest BCUT2D eigenvalue weighted by atomic mass is 9.76. The number of rotatable bonds is 16. The molecule has 0 saturated carbocycles. The first-order valence-corrected chi connectivity index (χ1v) is 27.9. The molecule has 0 spiro atoms. The zero-order valence-electron chi connectivity index (χ0n) is 48.2. The molecule has 0 heterocycles. The molecule has 0 N–H and O–H groups in total. The number of hydrogen-bond donors (Lipinski definition) is 0. The second-order valence-electron chi connectivity index (χ2n) is 24.8. The fourth-order valence-electron chi connectivity index (χ4n) is 11.7. The van der Waals surface area contributed by atoms with Gasteiger partial charge in [0.1, 0.15) is 0 Å². The molecule has 0 nitrogen and oxygen atoms in total. The molecule has 0 aliphatic heterocycles. The highest BCUT2D eigenvalue weighted by molar-refractivity contribution is 5.87. The third-order valence-electron chi connectivity index (χ3n) is 15.6. The molecular weight excluding hydrogens is 865 g/mol. The quantitative estimate of drug-likeness (QED) is 0.0905. The Kier molecular flexibility index (Phi) is 16.9. The van der Waals surface area contributed by atoms with E-state index in [1.54, 1.807) is 0 Å². The summed E-state index contributed by atoms with van der Waals surface area (Å²) in [4.78, 5) is 0. The zero-order valence-corrected chi connectivity index (χ0v) is 48.2. The van der Waals surface area contributed by atoms with Crippen molar-refractivity contribution in [1.82, 2.24) is 0 Å². The topological polar surface area (TPSA) is 0 Å². The summed E-state index contributed by atoms with van der Waals surface area (Å²) in [5.74, 6) is 3.03. The van der Waals surface area contributed by atoms with Gasteiger partial charge < -0.3 is 0 Å². The second kappa shape index (κ2) is 22.3. The minimum atomic E-state index is -0.0658. The maximum Gasteiger partial charge on any atom is -0.00132 e. The Hall–Kier alpha value is -5.46. The molecule has 0 amide bonds. The van der Waals surface area contributed by atoms with Crippen LogP contribution in [-0.2, 0) is 18.3 Å².